The van der Waals surface area contributed by atoms with Gasteiger partial charge in [-0.25, -0.2) is 8.42 Å². The van der Waals surface area contributed by atoms with Crippen molar-refractivity contribution in [2.45, 2.75) is 24.6 Å². The fourth-order valence-electron chi connectivity index (χ4n) is 3.79. The highest BCUT2D eigenvalue weighted by Gasteiger charge is 2.35. The van der Waals surface area contributed by atoms with E-state index in [2.05, 4.69) is 9.88 Å². The number of sulfonamides is 1. The fourth-order valence-corrected chi connectivity index (χ4v) is 5.35. The number of hydrogen-bond donors (Lipinski definition) is 0. The maximum absolute atomic E-state index is 12.9. The van der Waals surface area contributed by atoms with Crippen LogP contribution in [0.2, 0.25) is 0 Å². The molecule has 2 aliphatic rings. The molecule has 0 amide bonds. The molecule has 2 aromatic rings. The molecule has 2 aliphatic heterocycles. The van der Waals surface area contributed by atoms with Gasteiger partial charge in [0.1, 0.15) is 0 Å². The van der Waals surface area contributed by atoms with Gasteiger partial charge in [-0.15, -0.1) is 0 Å². The Kier molecular flexibility index (Phi) is 3.83. The molecule has 0 saturated carbocycles. The summed E-state index contributed by atoms with van der Waals surface area (Å²) in [6, 6.07) is 10.00. The summed E-state index contributed by atoms with van der Waals surface area (Å²) in [5.74, 6) is 0.0358. The molecule has 5 nitrogen and oxygen atoms in total. The quantitative estimate of drug-likeness (QED) is 0.861. The summed E-state index contributed by atoms with van der Waals surface area (Å²) in [5, 5.41) is 0.987. The Morgan fingerprint density at radius 3 is 2.91 bits per heavy atom. The van der Waals surface area contributed by atoms with Crippen LogP contribution in [0.25, 0.3) is 10.9 Å². The van der Waals surface area contributed by atoms with Crippen molar-refractivity contribution in [3.8, 4) is 0 Å². The summed E-state index contributed by atoms with van der Waals surface area (Å²) in [7, 11) is -3.30. The van der Waals surface area contributed by atoms with Crippen LogP contribution in [0, 0.1) is 0 Å². The largest absolute Gasteiger partial charge is 0.298 e. The topological polar surface area (TPSA) is 53.5 Å². The Morgan fingerprint density at radius 1 is 1.13 bits per heavy atom. The Morgan fingerprint density at radius 2 is 2.00 bits per heavy atom. The molecule has 0 N–H and O–H groups in total. The van der Waals surface area contributed by atoms with E-state index in [4.69, 9.17) is 0 Å². The zero-order chi connectivity index (χ0) is 15.9. The molecule has 0 spiro atoms. The summed E-state index contributed by atoms with van der Waals surface area (Å²) in [5.41, 5.74) is 1.58. The number of hydrogen-bond acceptors (Lipinski definition) is 4. The molecule has 0 aliphatic carbocycles. The maximum atomic E-state index is 12.9. The van der Waals surface area contributed by atoms with E-state index in [0.29, 0.717) is 19.1 Å². The second-order valence-electron chi connectivity index (χ2n) is 6.44. The predicted octanol–water partition coefficient (Wildman–Crippen LogP) is 1.84. The first-order valence-corrected chi connectivity index (χ1v) is 9.79. The van der Waals surface area contributed by atoms with E-state index in [1.54, 1.807) is 10.5 Å². The predicted molar refractivity (Wildman–Crippen MR) is 90.5 cm³/mol. The van der Waals surface area contributed by atoms with Crippen LogP contribution in [-0.2, 0) is 15.8 Å². The third-order valence-electron chi connectivity index (χ3n) is 5.00. The van der Waals surface area contributed by atoms with Gasteiger partial charge in [0.15, 0.2) is 0 Å². The van der Waals surface area contributed by atoms with Crippen LogP contribution in [0.3, 0.4) is 0 Å². The molecule has 122 valence electrons. The summed E-state index contributed by atoms with van der Waals surface area (Å²) in [6.07, 6.45) is 4.02. The van der Waals surface area contributed by atoms with Crippen LogP contribution in [0.1, 0.15) is 18.4 Å². The van der Waals surface area contributed by atoms with Crippen molar-refractivity contribution in [2.75, 3.05) is 26.2 Å². The van der Waals surface area contributed by atoms with Crippen LogP contribution in [0.15, 0.2) is 36.5 Å². The van der Waals surface area contributed by atoms with Crippen molar-refractivity contribution in [3.05, 3.63) is 42.1 Å². The molecule has 2 saturated heterocycles. The third kappa shape index (κ3) is 2.86. The molecule has 6 heteroatoms. The van der Waals surface area contributed by atoms with E-state index in [-0.39, 0.29) is 5.75 Å². The minimum atomic E-state index is -3.30. The van der Waals surface area contributed by atoms with Crippen LogP contribution < -0.4 is 0 Å². The minimum absolute atomic E-state index is 0.0358. The van der Waals surface area contributed by atoms with Gasteiger partial charge in [-0.2, -0.15) is 4.31 Å². The highest BCUT2D eigenvalue weighted by molar-refractivity contribution is 7.88. The number of nitrogens with zero attached hydrogens (tertiary/aromatic N) is 3. The van der Waals surface area contributed by atoms with Crippen LogP contribution in [0.4, 0.5) is 0 Å². The molecule has 1 aromatic carbocycles. The molecular weight excluding hydrogens is 310 g/mol. The zero-order valence-corrected chi connectivity index (χ0v) is 13.9. The fraction of sp³-hybridized carbons (Fsp3) is 0.471. The van der Waals surface area contributed by atoms with Gasteiger partial charge in [-0.1, -0.05) is 24.3 Å². The SMILES string of the molecule is O=S(=O)(Cc1cccc2cccnc12)N1CCN2CCC[C@@H]2C1. The lowest BCUT2D eigenvalue weighted by molar-refractivity contribution is 0.158. The van der Waals surface area contributed by atoms with Crippen molar-refractivity contribution in [1.82, 2.24) is 14.2 Å². The average Bonchev–Trinajstić information content (AvgIpc) is 3.02. The van der Waals surface area contributed by atoms with Crippen molar-refractivity contribution in [2.24, 2.45) is 0 Å². The maximum Gasteiger partial charge on any atom is 0.218 e. The van der Waals surface area contributed by atoms with E-state index in [1.807, 2.05) is 30.3 Å². The van der Waals surface area contributed by atoms with Gasteiger partial charge in [0.05, 0.1) is 11.3 Å². The van der Waals surface area contributed by atoms with Crippen molar-refractivity contribution >= 4 is 20.9 Å². The molecule has 0 unspecified atom stereocenters. The monoisotopic (exact) mass is 331 g/mol. The molecular formula is C17H21N3O2S. The number of rotatable bonds is 3. The average molecular weight is 331 g/mol. The first-order chi connectivity index (χ1) is 11.1. The molecule has 4 rings (SSSR count). The van der Waals surface area contributed by atoms with Gasteiger partial charge in [-0.05, 0) is 31.0 Å². The molecule has 3 heterocycles. The van der Waals surface area contributed by atoms with Gasteiger partial charge in [-0.3, -0.25) is 9.88 Å². The van der Waals surface area contributed by atoms with E-state index >= 15 is 0 Å². The highest BCUT2D eigenvalue weighted by atomic mass is 32.2. The first kappa shape index (κ1) is 15.1. The third-order valence-corrected chi connectivity index (χ3v) is 6.79. The van der Waals surface area contributed by atoms with Gasteiger partial charge >= 0.3 is 0 Å². The van der Waals surface area contributed by atoms with Crippen LogP contribution >= 0.6 is 0 Å². The second-order valence-corrected chi connectivity index (χ2v) is 8.41. The lowest BCUT2D eigenvalue weighted by Gasteiger charge is -2.36. The number of pyridine rings is 1. The summed E-state index contributed by atoms with van der Waals surface area (Å²) in [6.45, 7) is 3.22. The van der Waals surface area contributed by atoms with Gasteiger partial charge in [0.25, 0.3) is 0 Å². The van der Waals surface area contributed by atoms with Crippen molar-refractivity contribution in [3.63, 3.8) is 0 Å². The first-order valence-electron chi connectivity index (χ1n) is 8.18. The van der Waals surface area contributed by atoms with Crippen LogP contribution in [-0.4, -0.2) is 54.8 Å². The standard InChI is InChI=1S/C17H21N3O2S/c21-23(22,20-11-10-19-9-3-7-16(19)12-20)13-15-5-1-4-14-6-2-8-18-17(14)15/h1-2,4-6,8,16H,3,7,9-13H2/t16-/m1/s1. The zero-order valence-electron chi connectivity index (χ0n) is 13.1. The van der Waals surface area contributed by atoms with E-state index in [1.165, 1.54) is 6.42 Å². The molecule has 23 heavy (non-hydrogen) atoms. The number of aromatic nitrogens is 1. The number of benzene rings is 1. The Balaban J connectivity index is 1.59. The van der Waals surface area contributed by atoms with Gasteiger partial charge in [0, 0.05) is 37.3 Å². The van der Waals surface area contributed by atoms with E-state index in [0.717, 1.165) is 36.0 Å². The van der Waals surface area contributed by atoms with E-state index in [9.17, 15) is 8.42 Å². The minimum Gasteiger partial charge on any atom is -0.298 e. The Hall–Kier alpha value is -1.50. The summed E-state index contributed by atoms with van der Waals surface area (Å²) in [4.78, 5) is 6.79. The van der Waals surface area contributed by atoms with Gasteiger partial charge < -0.3 is 0 Å². The Bertz CT molecular complexity index is 816. The normalized spacial score (nSPS) is 23.2. The molecule has 1 aromatic heterocycles. The van der Waals surface area contributed by atoms with Crippen LogP contribution in [0.5, 0.6) is 0 Å². The summed E-state index contributed by atoms with van der Waals surface area (Å²) < 4.78 is 27.4. The second kappa shape index (κ2) is 5.85. The molecule has 1 atom stereocenters. The molecule has 2 fully saturated rings. The lowest BCUT2D eigenvalue weighted by Crippen LogP contribution is -2.52. The van der Waals surface area contributed by atoms with Crippen molar-refractivity contribution < 1.29 is 8.42 Å². The number of fused-ring (bicyclic) bond motifs is 2. The number of para-hydroxylation sites is 1. The highest BCUT2D eigenvalue weighted by Crippen LogP contribution is 2.25. The smallest absolute Gasteiger partial charge is 0.218 e. The molecule has 0 bridgehead atoms. The Labute approximate surface area is 137 Å². The lowest BCUT2D eigenvalue weighted by atomic mass is 10.1. The van der Waals surface area contributed by atoms with E-state index < -0.39 is 10.0 Å². The number of piperazine rings is 1. The molecule has 0 radical (unpaired) electrons. The van der Waals surface area contributed by atoms with Gasteiger partial charge in [0.2, 0.25) is 10.0 Å². The van der Waals surface area contributed by atoms with Crippen molar-refractivity contribution in [1.29, 1.82) is 0 Å². The summed E-state index contributed by atoms with van der Waals surface area (Å²) >= 11 is 0.